The van der Waals surface area contributed by atoms with Gasteiger partial charge in [0.15, 0.2) is 5.17 Å². The number of nitrogens with one attached hydrogen (secondary N) is 3. The average molecular weight is 322 g/mol. The molecule has 1 aliphatic rings. The van der Waals surface area contributed by atoms with Crippen molar-refractivity contribution in [3.05, 3.63) is 42.2 Å². The van der Waals surface area contributed by atoms with Crippen LogP contribution in [-0.4, -0.2) is 29.3 Å². The first-order valence-electron chi connectivity index (χ1n) is 6.46. The van der Waals surface area contributed by atoms with Crippen LogP contribution < -0.4 is 16.1 Å². The van der Waals surface area contributed by atoms with Gasteiger partial charge in [-0.15, -0.1) is 5.10 Å². The zero-order chi connectivity index (χ0) is 16.1. The number of thioether (sulfide) groups is 1. The van der Waals surface area contributed by atoms with Gasteiger partial charge >= 0.3 is 0 Å². The molecular weight excluding hydrogens is 307 g/mol. The number of halogens is 1. The lowest BCUT2D eigenvalue weighted by molar-refractivity contribution is -0.125. The summed E-state index contributed by atoms with van der Waals surface area (Å²) in [6, 6.07) is 5.75. The summed E-state index contributed by atoms with van der Waals surface area (Å²) < 4.78 is 12.9. The molecule has 6 nitrogen and oxygen atoms in total. The number of rotatable bonds is 4. The van der Waals surface area contributed by atoms with Gasteiger partial charge in [0.1, 0.15) is 5.82 Å². The SMILES string of the molecule is C=C(NN=C1NC(=O)CC(C(=O)NC)S1)c1ccc(F)cc1. The van der Waals surface area contributed by atoms with Gasteiger partial charge in [0.25, 0.3) is 0 Å². The minimum atomic E-state index is -0.515. The molecule has 1 aromatic rings. The summed E-state index contributed by atoms with van der Waals surface area (Å²) in [6.07, 6.45) is 0.0995. The van der Waals surface area contributed by atoms with Crippen LogP contribution in [0.4, 0.5) is 4.39 Å². The van der Waals surface area contributed by atoms with Gasteiger partial charge in [-0.25, -0.2) is 4.39 Å². The second-order valence-corrected chi connectivity index (χ2v) is 5.68. The minimum Gasteiger partial charge on any atom is -0.358 e. The molecule has 0 bridgehead atoms. The Labute approximate surface area is 131 Å². The van der Waals surface area contributed by atoms with Gasteiger partial charge in [-0.1, -0.05) is 18.3 Å². The number of carbonyl (C=O) groups is 2. The van der Waals surface area contributed by atoms with Crippen LogP contribution in [0, 0.1) is 5.82 Å². The quantitative estimate of drug-likeness (QED) is 0.723. The molecule has 3 N–H and O–H groups in total. The molecule has 116 valence electrons. The molecule has 1 aromatic carbocycles. The monoisotopic (exact) mass is 322 g/mol. The van der Waals surface area contributed by atoms with E-state index in [0.29, 0.717) is 11.3 Å². The Bertz CT molecular complexity index is 630. The Kier molecular flexibility index (Phi) is 5.16. The van der Waals surface area contributed by atoms with E-state index in [2.05, 4.69) is 27.7 Å². The van der Waals surface area contributed by atoms with Gasteiger partial charge in [0, 0.05) is 13.5 Å². The van der Waals surface area contributed by atoms with E-state index in [-0.39, 0.29) is 29.2 Å². The highest BCUT2D eigenvalue weighted by Crippen LogP contribution is 2.20. The molecular formula is C14H15FN4O2S. The molecule has 1 fully saturated rings. The molecule has 0 aliphatic carbocycles. The standard InChI is InChI=1S/C14H15FN4O2S/c1-8(9-3-5-10(15)6-4-9)18-19-14-17-12(20)7-11(22-14)13(21)16-2/h3-6,11,18H,1,7H2,2H3,(H,16,21)(H,17,19,20). The summed E-state index contributed by atoms with van der Waals surface area (Å²) in [7, 11) is 1.51. The van der Waals surface area contributed by atoms with Gasteiger partial charge in [0.05, 0.1) is 10.9 Å². The van der Waals surface area contributed by atoms with Crippen molar-refractivity contribution in [2.75, 3.05) is 7.05 Å². The van der Waals surface area contributed by atoms with Crippen LogP contribution in [0.25, 0.3) is 5.70 Å². The number of benzene rings is 1. The number of hydrogen-bond donors (Lipinski definition) is 3. The third-order valence-corrected chi connectivity index (χ3v) is 3.98. The number of nitrogens with zero attached hydrogens (tertiary/aromatic N) is 1. The number of amides is 2. The second kappa shape index (κ2) is 7.08. The van der Waals surface area contributed by atoms with E-state index in [1.54, 1.807) is 12.1 Å². The van der Waals surface area contributed by atoms with Crippen molar-refractivity contribution in [1.29, 1.82) is 0 Å². The fraction of sp³-hybridized carbons (Fsp3) is 0.214. The summed E-state index contributed by atoms with van der Waals surface area (Å²) in [5.74, 6) is -0.850. The van der Waals surface area contributed by atoms with Crippen molar-refractivity contribution >= 4 is 34.4 Å². The number of hydrogen-bond acceptors (Lipinski definition) is 5. The molecule has 2 amide bonds. The predicted molar refractivity (Wildman–Crippen MR) is 84.2 cm³/mol. The van der Waals surface area contributed by atoms with E-state index in [0.717, 1.165) is 11.8 Å². The summed E-state index contributed by atoms with van der Waals surface area (Å²) in [5, 5.41) is 8.87. The molecule has 1 saturated heterocycles. The Hall–Kier alpha value is -2.35. The van der Waals surface area contributed by atoms with Crippen molar-refractivity contribution in [2.45, 2.75) is 11.7 Å². The predicted octanol–water partition coefficient (Wildman–Crippen LogP) is 1.02. The second-order valence-electron chi connectivity index (χ2n) is 4.49. The molecule has 1 heterocycles. The summed E-state index contributed by atoms with van der Waals surface area (Å²) in [5.41, 5.74) is 3.81. The van der Waals surface area contributed by atoms with Crippen LogP contribution in [0.15, 0.2) is 35.9 Å². The first-order valence-corrected chi connectivity index (χ1v) is 7.34. The molecule has 8 heteroatoms. The summed E-state index contributed by atoms with van der Waals surface area (Å²) in [4.78, 5) is 23.2. The van der Waals surface area contributed by atoms with Crippen molar-refractivity contribution in [3.8, 4) is 0 Å². The van der Waals surface area contributed by atoms with E-state index < -0.39 is 5.25 Å². The zero-order valence-electron chi connectivity index (χ0n) is 11.9. The van der Waals surface area contributed by atoms with E-state index in [4.69, 9.17) is 0 Å². The maximum atomic E-state index is 12.9. The number of hydrazone groups is 1. The highest BCUT2D eigenvalue weighted by atomic mass is 32.2. The normalized spacial score (nSPS) is 19.5. The van der Waals surface area contributed by atoms with Crippen LogP contribution in [-0.2, 0) is 9.59 Å². The van der Waals surface area contributed by atoms with Crippen molar-refractivity contribution < 1.29 is 14.0 Å². The average Bonchev–Trinajstić information content (AvgIpc) is 2.52. The van der Waals surface area contributed by atoms with Crippen molar-refractivity contribution in [1.82, 2.24) is 16.1 Å². The molecule has 0 aromatic heterocycles. The number of carbonyl (C=O) groups excluding carboxylic acids is 2. The highest BCUT2D eigenvalue weighted by Gasteiger charge is 2.29. The largest absolute Gasteiger partial charge is 0.358 e. The fourth-order valence-corrected chi connectivity index (χ4v) is 2.74. The van der Waals surface area contributed by atoms with Gasteiger partial charge in [-0.3, -0.25) is 15.0 Å². The lowest BCUT2D eigenvalue weighted by atomic mass is 10.2. The third kappa shape index (κ3) is 4.08. The molecule has 1 aliphatic heterocycles. The van der Waals surface area contributed by atoms with Gasteiger partial charge in [-0.2, -0.15) is 0 Å². The lowest BCUT2D eigenvalue weighted by Crippen LogP contribution is -2.43. The molecule has 0 radical (unpaired) electrons. The van der Waals surface area contributed by atoms with Gasteiger partial charge < -0.3 is 10.6 Å². The molecule has 1 unspecified atom stereocenters. The smallest absolute Gasteiger partial charge is 0.233 e. The Morgan fingerprint density at radius 1 is 1.45 bits per heavy atom. The zero-order valence-corrected chi connectivity index (χ0v) is 12.7. The van der Waals surface area contributed by atoms with Crippen LogP contribution in [0.2, 0.25) is 0 Å². The van der Waals surface area contributed by atoms with Crippen molar-refractivity contribution in [3.63, 3.8) is 0 Å². The molecule has 2 rings (SSSR count). The van der Waals surface area contributed by atoms with Gasteiger partial charge in [0.2, 0.25) is 11.8 Å². The van der Waals surface area contributed by atoms with Crippen LogP contribution in [0.3, 0.4) is 0 Å². The van der Waals surface area contributed by atoms with Crippen LogP contribution >= 0.6 is 11.8 Å². The first kappa shape index (κ1) is 16.0. The Morgan fingerprint density at radius 3 is 2.77 bits per heavy atom. The summed E-state index contributed by atoms with van der Waals surface area (Å²) >= 11 is 1.15. The Morgan fingerprint density at radius 2 is 2.14 bits per heavy atom. The Balaban J connectivity index is 2.02. The molecule has 0 spiro atoms. The highest BCUT2D eigenvalue weighted by molar-refractivity contribution is 8.15. The number of amidine groups is 1. The maximum absolute atomic E-state index is 12.9. The fourth-order valence-electron chi connectivity index (χ4n) is 1.74. The lowest BCUT2D eigenvalue weighted by Gasteiger charge is -2.21. The van der Waals surface area contributed by atoms with E-state index >= 15 is 0 Å². The van der Waals surface area contributed by atoms with Crippen LogP contribution in [0.5, 0.6) is 0 Å². The van der Waals surface area contributed by atoms with E-state index in [1.807, 2.05) is 0 Å². The molecule has 0 saturated carbocycles. The summed E-state index contributed by atoms with van der Waals surface area (Å²) in [6.45, 7) is 3.79. The van der Waals surface area contributed by atoms with E-state index in [1.165, 1.54) is 19.2 Å². The third-order valence-electron chi connectivity index (χ3n) is 2.89. The van der Waals surface area contributed by atoms with Gasteiger partial charge in [-0.05, 0) is 29.8 Å². The van der Waals surface area contributed by atoms with E-state index in [9.17, 15) is 14.0 Å². The minimum absolute atomic E-state index is 0.0995. The first-order chi connectivity index (χ1) is 10.5. The van der Waals surface area contributed by atoms with Crippen molar-refractivity contribution in [2.24, 2.45) is 5.10 Å². The molecule has 22 heavy (non-hydrogen) atoms. The maximum Gasteiger partial charge on any atom is 0.233 e. The topological polar surface area (TPSA) is 82.6 Å². The van der Waals surface area contributed by atoms with Crippen LogP contribution in [0.1, 0.15) is 12.0 Å². The molecule has 1 atom stereocenters.